The third kappa shape index (κ3) is 4.34. The van der Waals surface area contributed by atoms with Gasteiger partial charge in [0.25, 0.3) is 0 Å². The third-order valence-electron chi connectivity index (χ3n) is 5.46. The summed E-state index contributed by atoms with van der Waals surface area (Å²) in [7, 11) is -3.90. The molecule has 1 atom stereocenters. The SMILES string of the molecule is Cc1ccc(S(=O)(=O)C(C=N)c2nn(-c3ccccc3Cl)c(-c3ccc(Cl)cc3)c2C)cc1. The number of benzene rings is 3. The van der Waals surface area contributed by atoms with Crippen LogP contribution < -0.4 is 0 Å². The van der Waals surface area contributed by atoms with E-state index in [1.54, 1.807) is 54.1 Å². The lowest BCUT2D eigenvalue weighted by atomic mass is 10.1. The highest BCUT2D eigenvalue weighted by Gasteiger charge is 2.33. The molecule has 4 aromatic rings. The van der Waals surface area contributed by atoms with Gasteiger partial charge >= 0.3 is 0 Å². The average molecular weight is 498 g/mol. The summed E-state index contributed by atoms with van der Waals surface area (Å²) in [4.78, 5) is 0.140. The smallest absolute Gasteiger partial charge is 0.192 e. The Morgan fingerprint density at radius 3 is 2.18 bits per heavy atom. The van der Waals surface area contributed by atoms with Gasteiger partial charge in [-0.25, -0.2) is 13.1 Å². The molecule has 4 rings (SSSR count). The lowest BCUT2D eigenvalue weighted by Crippen LogP contribution is -2.16. The van der Waals surface area contributed by atoms with Crippen LogP contribution in [0.3, 0.4) is 0 Å². The molecule has 0 saturated carbocycles. The first kappa shape index (κ1) is 23.2. The summed E-state index contributed by atoms with van der Waals surface area (Å²) in [5.41, 5.74) is 3.95. The van der Waals surface area contributed by atoms with Crippen LogP contribution in [-0.4, -0.2) is 24.4 Å². The maximum Gasteiger partial charge on any atom is 0.192 e. The van der Waals surface area contributed by atoms with Crippen LogP contribution in [0.5, 0.6) is 0 Å². The van der Waals surface area contributed by atoms with Gasteiger partial charge in [-0.15, -0.1) is 0 Å². The van der Waals surface area contributed by atoms with Crippen LogP contribution in [0.25, 0.3) is 16.9 Å². The number of aryl methyl sites for hydroxylation is 1. The molecule has 3 aromatic carbocycles. The number of hydrogen-bond donors (Lipinski definition) is 1. The number of rotatable bonds is 6. The van der Waals surface area contributed by atoms with Crippen LogP contribution in [-0.2, 0) is 9.84 Å². The van der Waals surface area contributed by atoms with Crippen molar-refractivity contribution in [3.8, 4) is 16.9 Å². The Hall–Kier alpha value is -2.93. The molecule has 0 aliphatic heterocycles. The first-order valence-corrected chi connectivity index (χ1v) is 12.5. The molecular weight excluding hydrogens is 477 g/mol. The van der Waals surface area contributed by atoms with Crippen LogP contribution in [0.15, 0.2) is 77.7 Å². The molecule has 0 saturated heterocycles. The van der Waals surface area contributed by atoms with Crippen LogP contribution in [0, 0.1) is 19.3 Å². The minimum atomic E-state index is -3.90. The van der Waals surface area contributed by atoms with Crippen LogP contribution in [0.1, 0.15) is 22.1 Å². The largest absolute Gasteiger partial charge is 0.311 e. The molecule has 0 bridgehead atoms. The quantitative estimate of drug-likeness (QED) is 0.303. The lowest BCUT2D eigenvalue weighted by molar-refractivity contribution is 0.591. The first-order valence-electron chi connectivity index (χ1n) is 10.2. The molecule has 33 heavy (non-hydrogen) atoms. The molecule has 168 valence electrons. The fraction of sp³-hybridized carbons (Fsp3) is 0.120. The Labute approximate surface area is 203 Å². The van der Waals surface area contributed by atoms with Crippen molar-refractivity contribution in [3.63, 3.8) is 0 Å². The molecule has 1 aromatic heterocycles. The lowest BCUT2D eigenvalue weighted by Gasteiger charge is -2.12. The van der Waals surface area contributed by atoms with E-state index in [9.17, 15) is 8.42 Å². The average Bonchev–Trinajstić information content (AvgIpc) is 3.12. The molecule has 0 radical (unpaired) electrons. The standard InChI is InChI=1S/C25H21Cl2N3O2S/c1-16-7-13-20(14-8-16)33(31,32)23(15-28)24-17(2)25(18-9-11-19(26)12-10-18)30(29-24)22-6-4-3-5-21(22)27/h3-15,23,28H,1-2H3. The molecule has 1 unspecified atom stereocenters. The highest BCUT2D eigenvalue weighted by Crippen LogP contribution is 2.37. The van der Waals surface area contributed by atoms with Crippen LogP contribution in [0.4, 0.5) is 0 Å². The molecule has 5 nitrogen and oxygen atoms in total. The van der Waals surface area contributed by atoms with Crippen molar-refractivity contribution >= 4 is 39.3 Å². The molecule has 8 heteroatoms. The number of nitrogens with zero attached hydrogens (tertiary/aromatic N) is 2. The number of hydrogen-bond acceptors (Lipinski definition) is 4. The second kappa shape index (κ2) is 9.14. The van der Waals surface area contributed by atoms with E-state index in [1.807, 2.05) is 37.3 Å². The van der Waals surface area contributed by atoms with E-state index in [-0.39, 0.29) is 10.6 Å². The molecule has 1 N–H and O–H groups in total. The summed E-state index contributed by atoms with van der Waals surface area (Å²) in [5.74, 6) is 0. The van der Waals surface area contributed by atoms with E-state index in [1.165, 1.54) is 0 Å². The highest BCUT2D eigenvalue weighted by atomic mass is 35.5. The maximum absolute atomic E-state index is 13.5. The number of nitrogens with one attached hydrogen (secondary N) is 1. The maximum atomic E-state index is 13.5. The second-order valence-electron chi connectivity index (χ2n) is 7.67. The summed E-state index contributed by atoms with van der Waals surface area (Å²) in [6.45, 7) is 3.69. The van der Waals surface area contributed by atoms with Gasteiger partial charge in [0.15, 0.2) is 9.84 Å². The van der Waals surface area contributed by atoms with Gasteiger partial charge in [-0.1, -0.05) is 65.2 Å². The van der Waals surface area contributed by atoms with E-state index >= 15 is 0 Å². The summed E-state index contributed by atoms with van der Waals surface area (Å²) in [6.07, 6.45) is 0.924. The van der Waals surface area contributed by atoms with Gasteiger partial charge in [0.1, 0.15) is 5.25 Å². The Kier molecular flexibility index (Phi) is 6.43. The van der Waals surface area contributed by atoms with Gasteiger partial charge in [-0.2, -0.15) is 5.10 Å². The second-order valence-corrected chi connectivity index (χ2v) is 10.6. The van der Waals surface area contributed by atoms with E-state index in [4.69, 9.17) is 28.6 Å². The van der Waals surface area contributed by atoms with Crippen molar-refractivity contribution in [1.29, 1.82) is 5.41 Å². The summed E-state index contributed by atoms with van der Waals surface area (Å²) in [5, 5.41) is 12.5. The molecule has 0 aliphatic rings. The summed E-state index contributed by atoms with van der Waals surface area (Å²) < 4.78 is 28.6. The van der Waals surface area contributed by atoms with Gasteiger partial charge in [0, 0.05) is 22.4 Å². The van der Waals surface area contributed by atoms with Crippen molar-refractivity contribution in [3.05, 3.63) is 99.7 Å². The van der Waals surface area contributed by atoms with Gasteiger partial charge in [-0.3, -0.25) is 0 Å². The Morgan fingerprint density at radius 2 is 1.58 bits per heavy atom. The first-order chi connectivity index (χ1) is 15.7. The molecule has 0 fully saturated rings. The Balaban J connectivity index is 1.96. The van der Waals surface area contributed by atoms with Crippen molar-refractivity contribution in [2.45, 2.75) is 24.0 Å². The Morgan fingerprint density at radius 1 is 0.939 bits per heavy atom. The highest BCUT2D eigenvalue weighted by molar-refractivity contribution is 7.92. The van der Waals surface area contributed by atoms with E-state index < -0.39 is 15.1 Å². The van der Waals surface area contributed by atoms with E-state index in [2.05, 4.69) is 5.10 Å². The van der Waals surface area contributed by atoms with E-state index in [0.717, 1.165) is 17.3 Å². The minimum Gasteiger partial charge on any atom is -0.311 e. The fourth-order valence-electron chi connectivity index (χ4n) is 3.72. The summed E-state index contributed by atoms with van der Waals surface area (Å²) in [6, 6.07) is 21.0. The fourth-order valence-corrected chi connectivity index (χ4v) is 5.57. The predicted molar refractivity (Wildman–Crippen MR) is 134 cm³/mol. The zero-order chi connectivity index (χ0) is 23.8. The van der Waals surface area contributed by atoms with Crippen molar-refractivity contribution in [2.24, 2.45) is 0 Å². The third-order valence-corrected chi connectivity index (χ3v) is 7.99. The van der Waals surface area contributed by atoms with Crippen molar-refractivity contribution in [1.82, 2.24) is 9.78 Å². The van der Waals surface area contributed by atoms with Gasteiger partial charge < -0.3 is 5.41 Å². The molecule has 0 aliphatic carbocycles. The number of para-hydroxylation sites is 1. The van der Waals surface area contributed by atoms with Crippen molar-refractivity contribution < 1.29 is 8.42 Å². The summed E-state index contributed by atoms with van der Waals surface area (Å²) >= 11 is 12.6. The van der Waals surface area contributed by atoms with Gasteiger partial charge in [0.2, 0.25) is 0 Å². The minimum absolute atomic E-state index is 0.140. The monoisotopic (exact) mass is 497 g/mol. The molecule has 1 heterocycles. The van der Waals surface area contributed by atoms with Crippen LogP contribution >= 0.6 is 23.2 Å². The topological polar surface area (TPSA) is 75.8 Å². The van der Waals surface area contributed by atoms with Crippen molar-refractivity contribution in [2.75, 3.05) is 0 Å². The molecule has 0 spiro atoms. The van der Waals surface area contributed by atoms with Gasteiger partial charge in [0.05, 0.1) is 27.0 Å². The zero-order valence-electron chi connectivity index (χ0n) is 18.0. The Bertz CT molecular complexity index is 1430. The number of aromatic nitrogens is 2. The van der Waals surface area contributed by atoms with Crippen LogP contribution in [0.2, 0.25) is 10.0 Å². The predicted octanol–water partition coefficient (Wildman–Crippen LogP) is 6.63. The number of halogens is 2. The molecular formula is C25H21Cl2N3O2S. The number of sulfone groups is 1. The molecule has 0 amide bonds. The van der Waals surface area contributed by atoms with Gasteiger partial charge in [-0.05, 0) is 50.2 Å². The zero-order valence-corrected chi connectivity index (χ0v) is 20.3. The van der Waals surface area contributed by atoms with E-state index in [0.29, 0.717) is 27.0 Å². The normalized spacial score (nSPS) is 12.5.